The van der Waals surface area contributed by atoms with Crippen LogP contribution in [0.5, 0.6) is 0 Å². The Kier molecular flexibility index (Phi) is 3.11. The summed E-state index contributed by atoms with van der Waals surface area (Å²) in [5, 5.41) is 7.49. The maximum atomic E-state index is 5.38. The van der Waals surface area contributed by atoms with E-state index < -0.39 is 0 Å². The molecule has 0 spiro atoms. The van der Waals surface area contributed by atoms with E-state index in [-0.39, 0.29) is 0 Å². The fraction of sp³-hybridized carbons (Fsp3) is 0.375. The minimum atomic E-state index is 0.755. The van der Waals surface area contributed by atoms with Gasteiger partial charge < -0.3 is 14.6 Å². The van der Waals surface area contributed by atoms with Gasteiger partial charge >= 0.3 is 0 Å². The van der Waals surface area contributed by atoms with Crippen molar-refractivity contribution in [2.24, 2.45) is 0 Å². The van der Waals surface area contributed by atoms with Crippen LogP contribution in [0.2, 0.25) is 0 Å². The first-order chi connectivity index (χ1) is 10.7. The molecular formula is C16H19N5O. The number of nitrogens with one attached hydrogen (secondary N) is 2. The Morgan fingerprint density at radius 1 is 1.09 bits per heavy atom. The van der Waals surface area contributed by atoms with Crippen molar-refractivity contribution in [1.82, 2.24) is 20.2 Å². The number of hydrogen-bond donors (Lipinski definition) is 2. The van der Waals surface area contributed by atoms with E-state index in [1.165, 1.54) is 11.1 Å². The zero-order valence-corrected chi connectivity index (χ0v) is 12.8. The van der Waals surface area contributed by atoms with Crippen LogP contribution in [-0.4, -0.2) is 46.5 Å². The van der Waals surface area contributed by atoms with Crippen LogP contribution in [0.4, 0.5) is 5.82 Å². The molecule has 0 saturated carbocycles. The molecule has 1 saturated heterocycles. The van der Waals surface area contributed by atoms with E-state index in [1.54, 1.807) is 0 Å². The van der Waals surface area contributed by atoms with E-state index in [1.807, 2.05) is 6.07 Å². The maximum Gasteiger partial charge on any atom is 0.156 e. The molecule has 22 heavy (non-hydrogen) atoms. The predicted octanol–water partition coefficient (Wildman–Crippen LogP) is 2.41. The minimum Gasteiger partial charge on any atom is -0.378 e. The molecule has 1 fully saturated rings. The molecule has 2 N–H and O–H groups in total. The number of fused-ring (bicyclic) bond motifs is 1. The summed E-state index contributed by atoms with van der Waals surface area (Å²) in [6.45, 7) is 7.49. The van der Waals surface area contributed by atoms with E-state index in [9.17, 15) is 0 Å². The first-order valence-corrected chi connectivity index (χ1v) is 7.56. The summed E-state index contributed by atoms with van der Waals surface area (Å²) in [4.78, 5) is 10.3. The number of anilines is 1. The van der Waals surface area contributed by atoms with Crippen LogP contribution in [0.1, 0.15) is 11.1 Å². The Balaban J connectivity index is 1.68. The Morgan fingerprint density at radius 3 is 2.68 bits per heavy atom. The number of rotatable bonds is 2. The average Bonchev–Trinajstić information content (AvgIpc) is 3.15. The largest absolute Gasteiger partial charge is 0.378 e. The second-order valence-electron chi connectivity index (χ2n) is 5.78. The first kappa shape index (κ1) is 13.3. The molecule has 6 heteroatoms. The van der Waals surface area contributed by atoms with E-state index in [4.69, 9.17) is 4.74 Å². The van der Waals surface area contributed by atoms with E-state index >= 15 is 0 Å². The lowest BCUT2D eigenvalue weighted by Gasteiger charge is -2.26. The highest BCUT2D eigenvalue weighted by Crippen LogP contribution is 2.24. The lowest BCUT2D eigenvalue weighted by atomic mass is 10.1. The summed E-state index contributed by atoms with van der Waals surface area (Å²) in [6.07, 6.45) is 0. The van der Waals surface area contributed by atoms with Gasteiger partial charge in [-0.15, -0.1) is 0 Å². The molecule has 0 aliphatic carbocycles. The third kappa shape index (κ3) is 2.25. The highest BCUT2D eigenvalue weighted by molar-refractivity contribution is 5.80. The van der Waals surface area contributed by atoms with Crippen molar-refractivity contribution >= 4 is 16.9 Å². The lowest BCUT2D eigenvalue weighted by Crippen LogP contribution is -2.36. The summed E-state index contributed by atoms with van der Waals surface area (Å²) in [5.41, 5.74) is 5.47. The molecule has 0 amide bonds. The van der Waals surface area contributed by atoms with Crippen molar-refractivity contribution in [3.8, 4) is 11.5 Å². The SMILES string of the molecule is Cc1cc2nc(-c3cc(N4CCOCC4)n[nH]3)[nH]c2cc1C. The molecule has 3 heterocycles. The third-order valence-corrected chi connectivity index (χ3v) is 4.25. The molecular weight excluding hydrogens is 278 g/mol. The van der Waals surface area contributed by atoms with Crippen LogP contribution in [0.3, 0.4) is 0 Å². The van der Waals surface area contributed by atoms with Gasteiger partial charge in [-0.1, -0.05) is 0 Å². The zero-order valence-electron chi connectivity index (χ0n) is 12.8. The number of aryl methyl sites for hydroxylation is 2. The summed E-state index contributed by atoms with van der Waals surface area (Å²) in [7, 11) is 0. The smallest absolute Gasteiger partial charge is 0.156 e. The third-order valence-electron chi connectivity index (χ3n) is 4.25. The Morgan fingerprint density at radius 2 is 1.86 bits per heavy atom. The number of benzene rings is 1. The number of morpholine rings is 1. The molecule has 1 aromatic carbocycles. The quantitative estimate of drug-likeness (QED) is 0.762. The second-order valence-corrected chi connectivity index (χ2v) is 5.78. The van der Waals surface area contributed by atoms with Crippen molar-refractivity contribution < 1.29 is 4.74 Å². The second kappa shape index (κ2) is 5.14. The normalized spacial score (nSPS) is 15.6. The Labute approximate surface area is 128 Å². The monoisotopic (exact) mass is 297 g/mol. The van der Waals surface area contributed by atoms with Crippen LogP contribution in [0.25, 0.3) is 22.6 Å². The molecule has 6 nitrogen and oxygen atoms in total. The number of imidazole rings is 1. The van der Waals surface area contributed by atoms with Gasteiger partial charge in [-0.2, -0.15) is 5.10 Å². The molecule has 114 valence electrons. The van der Waals surface area contributed by atoms with Gasteiger partial charge in [-0.3, -0.25) is 5.10 Å². The van der Waals surface area contributed by atoms with Gasteiger partial charge in [0.2, 0.25) is 0 Å². The molecule has 1 aliphatic heterocycles. The van der Waals surface area contributed by atoms with Crippen LogP contribution in [0, 0.1) is 13.8 Å². The minimum absolute atomic E-state index is 0.755. The molecule has 0 unspecified atom stereocenters. The summed E-state index contributed by atoms with van der Waals surface area (Å²) >= 11 is 0. The summed E-state index contributed by atoms with van der Waals surface area (Å²) < 4.78 is 5.38. The molecule has 0 bridgehead atoms. The van der Waals surface area contributed by atoms with E-state index in [0.717, 1.165) is 54.7 Å². The van der Waals surface area contributed by atoms with Gasteiger partial charge in [-0.25, -0.2) is 4.98 Å². The Hall–Kier alpha value is -2.34. The molecule has 1 aliphatic rings. The van der Waals surface area contributed by atoms with Crippen LogP contribution < -0.4 is 4.90 Å². The van der Waals surface area contributed by atoms with Gasteiger partial charge in [0.1, 0.15) is 5.69 Å². The fourth-order valence-corrected chi connectivity index (χ4v) is 2.78. The standard InChI is InChI=1S/C16H19N5O/c1-10-7-12-13(8-11(10)2)18-16(17-12)14-9-15(20-19-14)21-3-5-22-6-4-21/h7-9H,3-6H2,1-2H3,(H,17,18)(H,19,20). The van der Waals surface area contributed by atoms with Gasteiger partial charge in [0.15, 0.2) is 11.6 Å². The molecule has 4 rings (SSSR count). The van der Waals surface area contributed by atoms with Gasteiger partial charge in [0.05, 0.1) is 24.2 Å². The number of hydrogen-bond acceptors (Lipinski definition) is 4. The van der Waals surface area contributed by atoms with E-state index in [0.29, 0.717) is 0 Å². The number of H-pyrrole nitrogens is 2. The average molecular weight is 297 g/mol. The number of aromatic nitrogens is 4. The Bertz CT molecular complexity index is 774. The van der Waals surface area contributed by atoms with Gasteiger partial charge in [0.25, 0.3) is 0 Å². The van der Waals surface area contributed by atoms with Crippen molar-refractivity contribution in [2.75, 3.05) is 31.2 Å². The fourth-order valence-electron chi connectivity index (χ4n) is 2.78. The van der Waals surface area contributed by atoms with Gasteiger partial charge in [0, 0.05) is 19.2 Å². The number of aromatic amines is 2. The van der Waals surface area contributed by atoms with Crippen molar-refractivity contribution in [1.29, 1.82) is 0 Å². The first-order valence-electron chi connectivity index (χ1n) is 7.56. The number of ether oxygens (including phenoxy) is 1. The molecule has 0 radical (unpaired) electrons. The number of nitrogens with zero attached hydrogens (tertiary/aromatic N) is 3. The molecule has 2 aromatic heterocycles. The van der Waals surface area contributed by atoms with Crippen molar-refractivity contribution in [3.63, 3.8) is 0 Å². The van der Waals surface area contributed by atoms with Crippen LogP contribution >= 0.6 is 0 Å². The highest BCUT2D eigenvalue weighted by atomic mass is 16.5. The van der Waals surface area contributed by atoms with E-state index in [2.05, 4.69) is 51.0 Å². The van der Waals surface area contributed by atoms with Crippen LogP contribution in [0.15, 0.2) is 18.2 Å². The predicted molar refractivity (Wildman–Crippen MR) is 86.2 cm³/mol. The summed E-state index contributed by atoms with van der Waals surface area (Å²) in [6, 6.07) is 6.30. The van der Waals surface area contributed by atoms with Crippen LogP contribution in [-0.2, 0) is 4.74 Å². The van der Waals surface area contributed by atoms with Crippen molar-refractivity contribution in [3.05, 3.63) is 29.3 Å². The zero-order chi connectivity index (χ0) is 15.1. The molecule has 3 aromatic rings. The highest BCUT2D eigenvalue weighted by Gasteiger charge is 2.16. The van der Waals surface area contributed by atoms with Gasteiger partial charge in [-0.05, 0) is 37.1 Å². The van der Waals surface area contributed by atoms with Crippen molar-refractivity contribution in [2.45, 2.75) is 13.8 Å². The topological polar surface area (TPSA) is 69.8 Å². The lowest BCUT2D eigenvalue weighted by molar-refractivity contribution is 0.122. The molecule has 0 atom stereocenters. The summed E-state index contributed by atoms with van der Waals surface area (Å²) in [5.74, 6) is 1.78. The maximum absolute atomic E-state index is 5.38.